The zero-order chi connectivity index (χ0) is 26.9. The van der Waals surface area contributed by atoms with E-state index >= 15 is 0 Å². The van der Waals surface area contributed by atoms with E-state index in [-0.39, 0.29) is 18.4 Å². The van der Waals surface area contributed by atoms with Crippen molar-refractivity contribution in [1.82, 2.24) is 10.2 Å². The summed E-state index contributed by atoms with van der Waals surface area (Å²) in [5, 5.41) is 12.5. The Bertz CT molecular complexity index is 1250. The van der Waals surface area contributed by atoms with Gasteiger partial charge in [0, 0.05) is 34.4 Å². The topological polar surface area (TPSA) is 99.5 Å². The molecule has 1 N–H and O–H groups in total. The zero-order valence-electron chi connectivity index (χ0n) is 21.5. The van der Waals surface area contributed by atoms with Crippen molar-refractivity contribution in [2.24, 2.45) is 5.92 Å². The van der Waals surface area contributed by atoms with Gasteiger partial charge in [0.1, 0.15) is 23.5 Å². The minimum Gasteiger partial charge on any atom is -0.444 e. The molecule has 2 amide bonds. The van der Waals surface area contributed by atoms with Gasteiger partial charge in [-0.3, -0.25) is 13.9 Å². The van der Waals surface area contributed by atoms with E-state index in [9.17, 15) is 23.5 Å². The zero-order valence-corrected chi connectivity index (χ0v) is 22.3. The Hall–Kier alpha value is -3.25. The number of amides is 2. The summed E-state index contributed by atoms with van der Waals surface area (Å²) >= 11 is 0. The highest BCUT2D eigenvalue weighted by Crippen LogP contribution is 2.43. The number of ether oxygens (including phenoxy) is 1. The molecule has 2 aliphatic rings. The molecule has 7 nitrogen and oxygen atoms in total. The summed E-state index contributed by atoms with van der Waals surface area (Å²) in [5.74, 6) is -0.870. The van der Waals surface area contributed by atoms with Gasteiger partial charge >= 0.3 is 6.09 Å². The van der Waals surface area contributed by atoms with Gasteiger partial charge in [-0.2, -0.15) is 5.26 Å². The van der Waals surface area contributed by atoms with E-state index in [0.717, 1.165) is 24.8 Å². The van der Waals surface area contributed by atoms with Gasteiger partial charge in [-0.1, -0.05) is 24.3 Å². The number of carbonyl (C=O) groups excluding carboxylic acids is 2. The number of fused-ring (bicyclic) bond motifs is 2. The van der Waals surface area contributed by atoms with Crippen LogP contribution in [-0.4, -0.2) is 51.1 Å². The molecule has 2 aromatic rings. The summed E-state index contributed by atoms with van der Waals surface area (Å²) < 4.78 is 32.1. The minimum atomic E-state index is -1.09. The average molecular weight is 526 g/mol. The number of rotatable bonds is 6. The third-order valence-electron chi connectivity index (χ3n) is 6.93. The number of nitrogens with one attached hydrogen (secondary N) is 1. The standard InChI is InChI=1S/C28H32FN3O4S/c1-28(2,3)36-27(34)32-22-10-7-20(14-22)25(32)26(33)31-21(16-30)13-19-6-5-18(15-24(19)29)17-8-11-23(12-9-17)37(4)35/h5-6,8-9,11-12,15,20-22,25H,7,10,13-14H2,1-4H3,(H,31,33)/t20-,21-,22+,25-,37?/m0/s1. The van der Waals surface area contributed by atoms with Crippen LogP contribution in [0, 0.1) is 23.1 Å². The molecule has 2 aromatic carbocycles. The van der Waals surface area contributed by atoms with Crippen molar-refractivity contribution in [2.75, 3.05) is 6.26 Å². The van der Waals surface area contributed by atoms with Crippen molar-refractivity contribution in [3.8, 4) is 17.2 Å². The number of piperidine rings is 1. The molecule has 5 atom stereocenters. The number of hydrogen-bond donors (Lipinski definition) is 1. The molecule has 37 heavy (non-hydrogen) atoms. The van der Waals surface area contributed by atoms with Crippen molar-refractivity contribution in [2.45, 2.75) is 75.1 Å². The fourth-order valence-electron chi connectivity index (χ4n) is 5.24. The fraction of sp³-hybridized carbons (Fsp3) is 0.464. The van der Waals surface area contributed by atoms with Crippen molar-refractivity contribution in [3.63, 3.8) is 0 Å². The summed E-state index contributed by atoms with van der Waals surface area (Å²) in [6.45, 7) is 5.34. The van der Waals surface area contributed by atoms with E-state index in [2.05, 4.69) is 11.4 Å². The van der Waals surface area contributed by atoms with Crippen LogP contribution in [0.3, 0.4) is 0 Å². The Morgan fingerprint density at radius 1 is 1.19 bits per heavy atom. The molecule has 196 valence electrons. The quantitative estimate of drug-likeness (QED) is 0.596. The first-order valence-corrected chi connectivity index (χ1v) is 14.0. The van der Waals surface area contributed by atoms with Gasteiger partial charge in [0.2, 0.25) is 5.91 Å². The first-order valence-electron chi connectivity index (χ1n) is 12.4. The van der Waals surface area contributed by atoms with Crippen LogP contribution in [-0.2, 0) is 26.8 Å². The number of nitriles is 1. The van der Waals surface area contributed by atoms with Crippen LogP contribution in [0.5, 0.6) is 0 Å². The van der Waals surface area contributed by atoms with Crippen molar-refractivity contribution < 1.29 is 22.9 Å². The Labute approximate surface area is 219 Å². The lowest BCUT2D eigenvalue weighted by Gasteiger charge is -2.35. The molecule has 1 saturated heterocycles. The lowest BCUT2D eigenvalue weighted by atomic mass is 9.97. The van der Waals surface area contributed by atoms with Gasteiger partial charge in [0.05, 0.1) is 6.07 Å². The van der Waals surface area contributed by atoms with Gasteiger partial charge in [-0.15, -0.1) is 0 Å². The van der Waals surface area contributed by atoms with E-state index in [1.165, 1.54) is 11.0 Å². The Kier molecular flexibility index (Phi) is 7.69. The van der Waals surface area contributed by atoms with Crippen LogP contribution in [0.4, 0.5) is 9.18 Å². The average Bonchev–Trinajstić information content (AvgIpc) is 3.45. The molecule has 4 rings (SSSR count). The van der Waals surface area contributed by atoms with Crippen molar-refractivity contribution in [1.29, 1.82) is 5.26 Å². The monoisotopic (exact) mass is 525 g/mol. The first-order chi connectivity index (χ1) is 17.5. The maximum absolute atomic E-state index is 15.0. The van der Waals surface area contributed by atoms with Gasteiger partial charge in [0.25, 0.3) is 0 Å². The molecule has 2 bridgehead atoms. The third kappa shape index (κ3) is 6.02. The summed E-state index contributed by atoms with van der Waals surface area (Å²) in [7, 11) is -1.09. The lowest BCUT2D eigenvalue weighted by Crippen LogP contribution is -2.55. The minimum absolute atomic E-state index is 0.00460. The molecule has 1 aliphatic heterocycles. The molecule has 1 aliphatic carbocycles. The predicted molar refractivity (Wildman–Crippen MR) is 138 cm³/mol. The van der Waals surface area contributed by atoms with E-state index in [1.54, 1.807) is 63.4 Å². The van der Waals surface area contributed by atoms with Crippen molar-refractivity contribution >= 4 is 22.8 Å². The summed E-state index contributed by atoms with van der Waals surface area (Å²) in [5.41, 5.74) is 1.06. The molecular formula is C28H32FN3O4S. The smallest absolute Gasteiger partial charge is 0.411 e. The van der Waals surface area contributed by atoms with Gasteiger partial charge in [-0.05, 0) is 80.8 Å². The van der Waals surface area contributed by atoms with E-state index in [4.69, 9.17) is 4.74 Å². The number of benzene rings is 2. The molecule has 9 heteroatoms. The van der Waals surface area contributed by atoms with Crippen LogP contribution in [0.2, 0.25) is 0 Å². The highest BCUT2D eigenvalue weighted by Gasteiger charge is 2.52. The summed E-state index contributed by atoms with van der Waals surface area (Å²) in [6, 6.07) is 12.2. The maximum atomic E-state index is 15.0. The molecule has 1 saturated carbocycles. The number of carbonyl (C=O) groups is 2. The number of halogens is 1. The van der Waals surface area contributed by atoms with Crippen LogP contribution < -0.4 is 5.32 Å². The van der Waals surface area contributed by atoms with Gasteiger partial charge in [0.15, 0.2) is 0 Å². The molecule has 1 heterocycles. The van der Waals surface area contributed by atoms with Crippen molar-refractivity contribution in [3.05, 3.63) is 53.8 Å². The Balaban J connectivity index is 1.45. The predicted octanol–water partition coefficient (Wildman–Crippen LogP) is 4.57. The van der Waals surface area contributed by atoms with Crippen LogP contribution in [0.15, 0.2) is 47.4 Å². The van der Waals surface area contributed by atoms with E-state index in [1.807, 2.05) is 0 Å². The highest BCUT2D eigenvalue weighted by atomic mass is 32.2. The highest BCUT2D eigenvalue weighted by molar-refractivity contribution is 7.84. The first kappa shape index (κ1) is 26.8. The normalized spacial score (nSPS) is 22.3. The van der Waals surface area contributed by atoms with Gasteiger partial charge < -0.3 is 10.1 Å². The SMILES string of the molecule is CS(=O)c1ccc(-c2ccc(C[C@@H](C#N)NC(=O)[C@@H]3[C@H]4CC[C@H](C4)N3C(=O)OC(C)(C)C)c(F)c2)cc1. The molecular weight excluding hydrogens is 493 g/mol. The molecule has 1 unspecified atom stereocenters. The molecule has 0 aromatic heterocycles. The second-order valence-corrected chi connectivity index (χ2v) is 12.1. The van der Waals surface area contributed by atoms with Crippen LogP contribution >= 0.6 is 0 Å². The van der Waals surface area contributed by atoms with E-state index < -0.39 is 46.3 Å². The Morgan fingerprint density at radius 2 is 1.86 bits per heavy atom. The summed E-state index contributed by atoms with van der Waals surface area (Å²) in [4.78, 5) is 28.3. The fourth-order valence-corrected chi connectivity index (χ4v) is 5.76. The summed E-state index contributed by atoms with van der Waals surface area (Å²) in [6.07, 6.45) is 3.47. The molecule has 0 spiro atoms. The maximum Gasteiger partial charge on any atom is 0.411 e. The largest absolute Gasteiger partial charge is 0.444 e. The second-order valence-electron chi connectivity index (χ2n) is 10.7. The van der Waals surface area contributed by atoms with Crippen LogP contribution in [0.25, 0.3) is 11.1 Å². The number of likely N-dealkylation sites (tertiary alicyclic amines) is 1. The van der Waals surface area contributed by atoms with E-state index in [0.29, 0.717) is 16.0 Å². The van der Waals surface area contributed by atoms with Crippen LogP contribution in [0.1, 0.15) is 45.6 Å². The van der Waals surface area contributed by atoms with Gasteiger partial charge in [-0.25, -0.2) is 9.18 Å². The number of hydrogen-bond acceptors (Lipinski definition) is 5. The number of nitrogens with zero attached hydrogens (tertiary/aromatic N) is 2. The molecule has 0 radical (unpaired) electrons. The lowest BCUT2D eigenvalue weighted by molar-refractivity contribution is -0.128. The molecule has 2 fully saturated rings. The Morgan fingerprint density at radius 3 is 2.46 bits per heavy atom. The second kappa shape index (κ2) is 10.6. The third-order valence-corrected chi connectivity index (χ3v) is 7.86.